The Balaban J connectivity index is 4.57. The summed E-state index contributed by atoms with van der Waals surface area (Å²) in [6.45, 7) is 4.65. The third-order valence-corrected chi connectivity index (χ3v) is 3.82. The van der Waals surface area contributed by atoms with Crippen LogP contribution in [0.4, 0.5) is 0 Å². The topological polar surface area (TPSA) is 72.5 Å². The van der Waals surface area contributed by atoms with Crippen molar-refractivity contribution in [2.24, 2.45) is 0 Å². The third kappa shape index (κ3) is 2.96. The van der Waals surface area contributed by atoms with E-state index in [1.165, 1.54) is 13.8 Å². The lowest BCUT2D eigenvalue weighted by molar-refractivity contribution is -0.135. The van der Waals surface area contributed by atoms with Gasteiger partial charge in [0.2, 0.25) is 0 Å². The van der Waals surface area contributed by atoms with Crippen LogP contribution in [0.1, 0.15) is 20.8 Å². The van der Waals surface area contributed by atoms with Gasteiger partial charge >= 0.3 is 0 Å². The van der Waals surface area contributed by atoms with Crippen molar-refractivity contribution in [1.29, 1.82) is 0 Å². The van der Waals surface area contributed by atoms with Crippen molar-refractivity contribution in [2.45, 2.75) is 25.5 Å². The fourth-order valence-electron chi connectivity index (χ4n) is 0.429. The first-order valence-electron chi connectivity index (χ1n) is 3.85. The van der Waals surface area contributed by atoms with E-state index in [2.05, 4.69) is 10.3 Å². The summed E-state index contributed by atoms with van der Waals surface area (Å²) in [4.78, 5) is 15.9. The van der Waals surface area contributed by atoms with Crippen LogP contribution < -0.4 is 5.48 Å². The molecule has 5 nitrogen and oxygen atoms in total. The molecule has 1 amide bonds. The van der Waals surface area contributed by atoms with Crippen LogP contribution in [-0.4, -0.2) is 31.9 Å². The van der Waals surface area contributed by atoms with Crippen LogP contribution in [0.5, 0.6) is 0 Å². The molecule has 0 saturated carbocycles. The van der Waals surface area contributed by atoms with Gasteiger partial charge in [-0.2, -0.15) is 0 Å². The molecule has 0 rings (SSSR count). The lowest BCUT2D eigenvalue weighted by atomic mass is 10.2. The minimum atomic E-state index is -3.42. The van der Waals surface area contributed by atoms with Crippen LogP contribution in [0, 0.1) is 0 Å². The van der Waals surface area contributed by atoms with Crippen molar-refractivity contribution < 1.29 is 18.0 Å². The zero-order valence-electron chi connectivity index (χ0n) is 8.25. The number of sulfone groups is 1. The van der Waals surface area contributed by atoms with Crippen LogP contribution in [0.25, 0.3) is 0 Å². The van der Waals surface area contributed by atoms with Gasteiger partial charge in [-0.25, -0.2) is 13.9 Å². The summed E-state index contributed by atoms with van der Waals surface area (Å²) in [6.07, 6.45) is 1.01. The molecule has 0 aromatic heterocycles. The highest BCUT2D eigenvalue weighted by molar-refractivity contribution is 7.92. The van der Waals surface area contributed by atoms with Gasteiger partial charge in [-0.3, -0.25) is 9.63 Å². The zero-order chi connectivity index (χ0) is 10.7. The van der Waals surface area contributed by atoms with E-state index >= 15 is 0 Å². The number of carbonyl (C=O) groups is 1. The summed E-state index contributed by atoms with van der Waals surface area (Å²) >= 11 is 0. The van der Waals surface area contributed by atoms with E-state index < -0.39 is 20.5 Å². The summed E-state index contributed by atoms with van der Waals surface area (Å²) < 4.78 is 20.8. The molecule has 0 atom stereocenters. The minimum absolute atomic E-state index is 0.297. The van der Waals surface area contributed by atoms with Crippen LogP contribution in [0.2, 0.25) is 0 Å². The molecule has 0 aliphatic heterocycles. The predicted molar refractivity (Wildman–Crippen MR) is 48.7 cm³/mol. The van der Waals surface area contributed by atoms with Gasteiger partial charge in [-0.15, -0.1) is 0 Å². The Hall–Kier alpha value is -0.620. The summed E-state index contributed by atoms with van der Waals surface area (Å²) in [7, 11) is -3.42. The molecular formula is C7H15NO4S. The zero-order valence-corrected chi connectivity index (χ0v) is 9.06. The van der Waals surface area contributed by atoms with Gasteiger partial charge < -0.3 is 0 Å². The van der Waals surface area contributed by atoms with Crippen molar-refractivity contribution in [1.82, 2.24) is 5.48 Å². The number of carbonyl (C=O) groups excluding carboxylic acids is 1. The van der Waals surface area contributed by atoms with Crippen molar-refractivity contribution in [3.8, 4) is 0 Å². The monoisotopic (exact) mass is 209 g/mol. The molecule has 1 N–H and O–H groups in total. The third-order valence-electron chi connectivity index (χ3n) is 1.78. The molecule has 78 valence electrons. The second-order valence-corrected chi connectivity index (χ2v) is 5.71. The number of hydrogen-bond acceptors (Lipinski definition) is 4. The molecule has 0 aliphatic rings. The molecule has 0 bridgehead atoms. The Kier molecular flexibility index (Phi) is 3.87. The molecule has 0 spiro atoms. The van der Waals surface area contributed by atoms with E-state index in [-0.39, 0.29) is 0 Å². The van der Waals surface area contributed by atoms with E-state index in [0.29, 0.717) is 6.61 Å². The van der Waals surface area contributed by atoms with Gasteiger partial charge in [-0.05, 0) is 20.8 Å². The molecule has 0 heterocycles. The van der Waals surface area contributed by atoms with Gasteiger partial charge in [0, 0.05) is 6.26 Å². The van der Waals surface area contributed by atoms with Crippen LogP contribution in [0.3, 0.4) is 0 Å². The van der Waals surface area contributed by atoms with Crippen molar-refractivity contribution in [2.75, 3.05) is 12.9 Å². The van der Waals surface area contributed by atoms with Gasteiger partial charge in [0.1, 0.15) is 4.75 Å². The maximum absolute atomic E-state index is 11.3. The normalized spacial score (nSPS) is 12.6. The van der Waals surface area contributed by atoms with Crippen LogP contribution in [-0.2, 0) is 19.5 Å². The second-order valence-electron chi connectivity index (χ2n) is 3.15. The van der Waals surface area contributed by atoms with E-state index in [4.69, 9.17) is 0 Å². The summed E-state index contributed by atoms with van der Waals surface area (Å²) in [5, 5.41) is 0. The summed E-state index contributed by atoms with van der Waals surface area (Å²) in [6, 6.07) is 0. The second kappa shape index (κ2) is 4.06. The Labute approximate surface area is 78.3 Å². The van der Waals surface area contributed by atoms with Crippen molar-refractivity contribution >= 4 is 15.7 Å². The van der Waals surface area contributed by atoms with E-state index in [9.17, 15) is 13.2 Å². The Morgan fingerprint density at radius 1 is 1.46 bits per heavy atom. The lowest BCUT2D eigenvalue weighted by Gasteiger charge is -2.20. The molecule has 0 radical (unpaired) electrons. The van der Waals surface area contributed by atoms with Crippen LogP contribution in [0.15, 0.2) is 0 Å². The Morgan fingerprint density at radius 2 is 1.92 bits per heavy atom. The van der Waals surface area contributed by atoms with Crippen molar-refractivity contribution in [3.05, 3.63) is 0 Å². The molecule has 0 aromatic carbocycles. The van der Waals surface area contributed by atoms with Gasteiger partial charge in [0.05, 0.1) is 6.61 Å². The quantitative estimate of drug-likeness (QED) is 0.655. The van der Waals surface area contributed by atoms with E-state index in [0.717, 1.165) is 6.26 Å². The first-order valence-corrected chi connectivity index (χ1v) is 5.74. The maximum atomic E-state index is 11.3. The van der Waals surface area contributed by atoms with Gasteiger partial charge in [0.25, 0.3) is 5.91 Å². The van der Waals surface area contributed by atoms with Crippen molar-refractivity contribution in [3.63, 3.8) is 0 Å². The molecule has 0 unspecified atom stereocenters. The molecule has 6 heteroatoms. The maximum Gasteiger partial charge on any atom is 0.264 e. The fraction of sp³-hybridized carbons (Fsp3) is 0.857. The highest BCUT2D eigenvalue weighted by Gasteiger charge is 2.38. The Morgan fingerprint density at radius 3 is 2.23 bits per heavy atom. The smallest absolute Gasteiger partial charge is 0.264 e. The van der Waals surface area contributed by atoms with E-state index in [1.807, 2.05) is 0 Å². The SMILES string of the molecule is CCONC(=O)C(C)(C)S(C)(=O)=O. The predicted octanol–water partition coefficient (Wildman–Crippen LogP) is -0.123. The van der Waals surface area contributed by atoms with Crippen LogP contribution >= 0.6 is 0 Å². The first kappa shape index (κ1) is 12.4. The fourth-order valence-corrected chi connectivity index (χ4v) is 0.807. The standard InChI is InChI=1S/C7H15NO4S/c1-5-12-8-6(9)7(2,3)13(4,10)11/h5H2,1-4H3,(H,8,9). The number of hydroxylamine groups is 1. The van der Waals surface area contributed by atoms with Gasteiger partial charge in [0.15, 0.2) is 9.84 Å². The average molecular weight is 209 g/mol. The lowest BCUT2D eigenvalue weighted by Crippen LogP contribution is -2.47. The Bertz CT molecular complexity index is 281. The van der Waals surface area contributed by atoms with E-state index in [1.54, 1.807) is 6.92 Å². The molecule has 0 aliphatic carbocycles. The number of hydrogen-bond donors (Lipinski definition) is 1. The highest BCUT2D eigenvalue weighted by atomic mass is 32.2. The van der Waals surface area contributed by atoms with Gasteiger partial charge in [-0.1, -0.05) is 0 Å². The minimum Gasteiger partial charge on any atom is -0.274 e. The number of rotatable bonds is 4. The first-order chi connectivity index (χ1) is 5.73. The highest BCUT2D eigenvalue weighted by Crippen LogP contribution is 2.14. The summed E-state index contributed by atoms with van der Waals surface area (Å²) in [5.41, 5.74) is 2.06. The molecule has 0 fully saturated rings. The molecule has 0 saturated heterocycles. The molecule has 13 heavy (non-hydrogen) atoms. The summed E-state index contributed by atoms with van der Waals surface area (Å²) in [5.74, 6) is -0.656. The largest absolute Gasteiger partial charge is 0.274 e. The number of amides is 1. The number of nitrogens with one attached hydrogen (secondary N) is 1. The molecule has 0 aromatic rings. The average Bonchev–Trinajstić information content (AvgIpc) is 1.97. The molecular weight excluding hydrogens is 194 g/mol.